The first kappa shape index (κ1) is 7.98. The summed E-state index contributed by atoms with van der Waals surface area (Å²) in [6.07, 6.45) is 0.559. The number of rotatable bonds is 2. The molecule has 1 saturated heterocycles. The number of nitrogens with zero attached hydrogens (tertiary/aromatic N) is 1. The third-order valence-electron chi connectivity index (χ3n) is 1.87. The Morgan fingerprint density at radius 2 is 2.60 bits per heavy atom. The lowest BCUT2D eigenvalue weighted by Gasteiger charge is -2.26. The highest BCUT2D eigenvalue weighted by atomic mass is 16.3. The van der Waals surface area contributed by atoms with E-state index in [1.807, 2.05) is 6.92 Å². The van der Waals surface area contributed by atoms with Gasteiger partial charge in [-0.05, 0) is 6.42 Å². The molecule has 1 radical (unpaired) electrons. The minimum absolute atomic E-state index is 0.138. The van der Waals surface area contributed by atoms with Crippen LogP contribution in [0.25, 0.3) is 0 Å². The van der Waals surface area contributed by atoms with Crippen LogP contribution in [0, 0.1) is 0 Å². The number of hydrogen-bond acceptors (Lipinski definition) is 2. The normalized spacial score (nSPS) is 30.0. The van der Waals surface area contributed by atoms with Crippen LogP contribution in [0.3, 0.4) is 0 Å². The zero-order valence-electron chi connectivity index (χ0n) is 6.38. The van der Waals surface area contributed by atoms with Crippen LogP contribution in [0.2, 0.25) is 0 Å². The van der Waals surface area contributed by atoms with E-state index in [1.54, 1.807) is 0 Å². The molecule has 2 N–H and O–H groups in total. The van der Waals surface area contributed by atoms with Gasteiger partial charge in [-0.1, -0.05) is 6.92 Å². The molecular formula is C7H15N2O. The second-order valence-electron chi connectivity index (χ2n) is 2.65. The van der Waals surface area contributed by atoms with E-state index in [2.05, 4.69) is 10.6 Å². The number of hydrogen-bond donors (Lipinski definition) is 2. The first-order valence-corrected chi connectivity index (χ1v) is 3.90. The van der Waals surface area contributed by atoms with Crippen LogP contribution in [0.15, 0.2) is 0 Å². The topological polar surface area (TPSA) is 46.4 Å². The predicted octanol–water partition coefficient (Wildman–Crippen LogP) is -0.667. The van der Waals surface area contributed by atoms with Crippen LogP contribution < -0.4 is 10.6 Å². The molecule has 2 unspecified atom stereocenters. The van der Waals surface area contributed by atoms with Gasteiger partial charge >= 0.3 is 0 Å². The maximum atomic E-state index is 9.35. The molecule has 3 nitrogen and oxygen atoms in total. The minimum Gasteiger partial charge on any atom is -0.391 e. The number of piperazine rings is 1. The van der Waals surface area contributed by atoms with Crippen LogP contribution in [0.5, 0.6) is 0 Å². The van der Waals surface area contributed by atoms with E-state index in [1.165, 1.54) is 0 Å². The fraction of sp³-hybridized carbons (Fsp3) is 1.00. The van der Waals surface area contributed by atoms with Gasteiger partial charge in [0, 0.05) is 19.6 Å². The molecule has 1 rings (SSSR count). The molecule has 3 heteroatoms. The van der Waals surface area contributed by atoms with Gasteiger partial charge in [0.2, 0.25) is 0 Å². The highest BCUT2D eigenvalue weighted by molar-refractivity contribution is 4.80. The summed E-state index contributed by atoms with van der Waals surface area (Å²) in [7, 11) is 0. The Hall–Kier alpha value is -0.120. The highest BCUT2D eigenvalue weighted by Gasteiger charge is 2.19. The second kappa shape index (κ2) is 3.91. The van der Waals surface area contributed by atoms with Crippen LogP contribution >= 0.6 is 0 Å². The molecule has 1 aliphatic heterocycles. The fourth-order valence-electron chi connectivity index (χ4n) is 1.15. The number of aliphatic hydroxyl groups excluding tert-OH is 1. The minimum atomic E-state index is -0.243. The lowest BCUT2D eigenvalue weighted by Crippen LogP contribution is -2.49. The molecule has 0 saturated carbocycles. The monoisotopic (exact) mass is 143 g/mol. The molecule has 0 aromatic heterocycles. The van der Waals surface area contributed by atoms with Crippen molar-refractivity contribution in [3.05, 3.63) is 0 Å². The zero-order valence-corrected chi connectivity index (χ0v) is 6.38. The Balaban J connectivity index is 2.24. The standard InChI is InChI=1S/C7H15N2O/c1-2-7(10)6-5-8-3-4-9-6/h6-8,10H,2-5H2,1H3. The summed E-state index contributed by atoms with van der Waals surface area (Å²) in [5, 5.41) is 16.8. The van der Waals surface area contributed by atoms with E-state index in [9.17, 15) is 5.11 Å². The van der Waals surface area contributed by atoms with Crippen molar-refractivity contribution in [2.24, 2.45) is 0 Å². The van der Waals surface area contributed by atoms with Crippen molar-refractivity contribution in [1.82, 2.24) is 10.6 Å². The molecule has 2 atom stereocenters. The molecular weight excluding hydrogens is 128 g/mol. The Morgan fingerprint density at radius 1 is 1.80 bits per heavy atom. The summed E-state index contributed by atoms with van der Waals surface area (Å²) >= 11 is 0. The van der Waals surface area contributed by atoms with Crippen LogP contribution in [-0.4, -0.2) is 36.9 Å². The van der Waals surface area contributed by atoms with Gasteiger partial charge in [0.1, 0.15) is 0 Å². The number of aliphatic hydroxyl groups is 1. The summed E-state index contributed by atoms with van der Waals surface area (Å²) in [5.41, 5.74) is 0. The van der Waals surface area contributed by atoms with Gasteiger partial charge in [0.05, 0.1) is 12.1 Å². The molecule has 59 valence electrons. The van der Waals surface area contributed by atoms with Gasteiger partial charge in [-0.2, -0.15) is 0 Å². The van der Waals surface area contributed by atoms with Gasteiger partial charge in [-0.15, -0.1) is 0 Å². The molecule has 0 aliphatic carbocycles. The van der Waals surface area contributed by atoms with E-state index in [0.29, 0.717) is 0 Å². The SMILES string of the molecule is CCC(O)C1CNCC[N]1. The average Bonchev–Trinajstić information content (AvgIpc) is 2.05. The van der Waals surface area contributed by atoms with Crippen molar-refractivity contribution in [3.63, 3.8) is 0 Å². The summed E-state index contributed by atoms with van der Waals surface area (Å²) in [6.45, 7) is 4.64. The quantitative estimate of drug-likeness (QED) is 0.538. The smallest absolute Gasteiger partial charge is 0.0719 e. The van der Waals surface area contributed by atoms with Gasteiger partial charge in [0.25, 0.3) is 0 Å². The van der Waals surface area contributed by atoms with Crippen molar-refractivity contribution in [3.8, 4) is 0 Å². The lowest BCUT2D eigenvalue weighted by atomic mass is 10.1. The largest absolute Gasteiger partial charge is 0.391 e. The van der Waals surface area contributed by atoms with Crippen molar-refractivity contribution in [2.45, 2.75) is 25.5 Å². The molecule has 0 spiro atoms. The van der Waals surface area contributed by atoms with Gasteiger partial charge in [0.15, 0.2) is 0 Å². The highest BCUT2D eigenvalue weighted by Crippen LogP contribution is 2.00. The molecule has 0 aromatic rings. The van der Waals surface area contributed by atoms with E-state index in [0.717, 1.165) is 26.1 Å². The third-order valence-corrected chi connectivity index (χ3v) is 1.87. The van der Waals surface area contributed by atoms with Crippen molar-refractivity contribution >= 4 is 0 Å². The maximum absolute atomic E-state index is 9.35. The Labute approximate surface area is 61.8 Å². The molecule has 1 fully saturated rings. The van der Waals surface area contributed by atoms with Crippen molar-refractivity contribution < 1.29 is 5.11 Å². The summed E-state index contributed by atoms with van der Waals surface area (Å²) < 4.78 is 0. The van der Waals surface area contributed by atoms with E-state index in [-0.39, 0.29) is 12.1 Å². The zero-order chi connectivity index (χ0) is 7.40. The maximum Gasteiger partial charge on any atom is 0.0719 e. The molecule has 0 aromatic carbocycles. The predicted molar refractivity (Wildman–Crippen MR) is 40.0 cm³/mol. The van der Waals surface area contributed by atoms with E-state index >= 15 is 0 Å². The van der Waals surface area contributed by atoms with Crippen molar-refractivity contribution in [1.29, 1.82) is 0 Å². The Morgan fingerprint density at radius 3 is 3.10 bits per heavy atom. The van der Waals surface area contributed by atoms with Gasteiger partial charge < -0.3 is 10.4 Å². The fourth-order valence-corrected chi connectivity index (χ4v) is 1.15. The average molecular weight is 143 g/mol. The Bertz CT molecular complexity index is 91.6. The molecule has 0 bridgehead atoms. The molecule has 10 heavy (non-hydrogen) atoms. The van der Waals surface area contributed by atoms with Crippen LogP contribution in [-0.2, 0) is 0 Å². The van der Waals surface area contributed by atoms with Gasteiger partial charge in [-0.3, -0.25) is 0 Å². The number of nitrogens with one attached hydrogen (secondary N) is 1. The first-order valence-electron chi connectivity index (χ1n) is 3.90. The summed E-state index contributed by atoms with van der Waals surface area (Å²) in [4.78, 5) is 0. The van der Waals surface area contributed by atoms with E-state index in [4.69, 9.17) is 0 Å². The van der Waals surface area contributed by atoms with Gasteiger partial charge in [-0.25, -0.2) is 5.32 Å². The summed E-state index contributed by atoms with van der Waals surface area (Å²) in [6, 6.07) is 0.138. The Kier molecular flexibility index (Phi) is 3.12. The first-order chi connectivity index (χ1) is 4.84. The summed E-state index contributed by atoms with van der Waals surface area (Å²) in [5.74, 6) is 0. The third kappa shape index (κ3) is 1.94. The lowest BCUT2D eigenvalue weighted by molar-refractivity contribution is 0.113. The molecule has 1 aliphatic rings. The molecule has 1 heterocycles. The van der Waals surface area contributed by atoms with Crippen LogP contribution in [0.4, 0.5) is 0 Å². The second-order valence-corrected chi connectivity index (χ2v) is 2.65. The molecule has 0 amide bonds. The van der Waals surface area contributed by atoms with E-state index < -0.39 is 0 Å². The van der Waals surface area contributed by atoms with Crippen molar-refractivity contribution in [2.75, 3.05) is 19.6 Å². The van der Waals surface area contributed by atoms with Crippen LogP contribution in [0.1, 0.15) is 13.3 Å².